The van der Waals surface area contributed by atoms with Gasteiger partial charge in [-0.25, -0.2) is 22.7 Å². The Hall–Kier alpha value is -1.59. The van der Waals surface area contributed by atoms with E-state index in [1.54, 1.807) is 20.8 Å². The summed E-state index contributed by atoms with van der Waals surface area (Å²) in [5, 5.41) is 12.4. The van der Waals surface area contributed by atoms with Crippen LogP contribution in [0.25, 0.3) is 0 Å². The highest BCUT2D eigenvalue weighted by atomic mass is 32.2. The molecule has 162 valence electrons. The number of hydrogen-bond donors (Lipinski definition) is 2. The molecule has 1 aromatic rings. The molecule has 0 saturated heterocycles. The highest BCUT2D eigenvalue weighted by Crippen LogP contribution is 2.28. The van der Waals surface area contributed by atoms with Gasteiger partial charge in [0.1, 0.15) is 11.9 Å². The number of unbranched alkanes of at least 4 members (excludes halogenated alkanes) is 1. The number of alkyl halides is 2. The number of anilines is 1. The monoisotopic (exact) mass is 426 g/mol. The first-order chi connectivity index (χ1) is 13.6. The predicted molar refractivity (Wildman–Crippen MR) is 113 cm³/mol. The smallest absolute Gasteiger partial charge is 0.248 e. The molecule has 0 radical (unpaired) electrons. The molecule has 29 heavy (non-hydrogen) atoms. The maximum absolute atomic E-state index is 14.2. The van der Waals surface area contributed by atoms with Gasteiger partial charge in [-0.3, -0.25) is 0 Å². The molecule has 0 fully saturated rings. The topological polar surface area (TPSA) is 77.8 Å². The van der Waals surface area contributed by atoms with E-state index in [1.165, 1.54) is 5.56 Å². The molecule has 0 aliphatic carbocycles. The van der Waals surface area contributed by atoms with E-state index in [9.17, 15) is 13.0 Å². The Balaban J connectivity index is 1.72. The maximum atomic E-state index is 14.2. The zero-order valence-electron chi connectivity index (χ0n) is 17.6. The molecule has 5 nitrogen and oxygen atoms in total. The van der Waals surface area contributed by atoms with Gasteiger partial charge in [-0.15, -0.1) is 0 Å². The van der Waals surface area contributed by atoms with E-state index in [4.69, 9.17) is 5.26 Å². The van der Waals surface area contributed by atoms with Gasteiger partial charge in [0, 0.05) is 25.1 Å². The maximum Gasteiger partial charge on any atom is 0.248 e. The minimum Gasteiger partial charge on any atom is -0.370 e. The predicted octanol–water partition coefficient (Wildman–Crippen LogP) is 4.51. The first kappa shape index (κ1) is 23.7. The van der Waals surface area contributed by atoms with Crippen LogP contribution < -0.4 is 10.0 Å². The van der Waals surface area contributed by atoms with Gasteiger partial charge in [-0.1, -0.05) is 6.07 Å². The van der Waals surface area contributed by atoms with Crippen LogP contribution in [-0.2, 0) is 23.8 Å². The average molecular weight is 427 g/mol. The highest BCUT2D eigenvalue weighted by molar-refractivity contribution is 7.84. The largest absolute Gasteiger partial charge is 0.370 e. The molecule has 0 aromatic carbocycles. The van der Waals surface area contributed by atoms with Crippen LogP contribution in [0.3, 0.4) is 0 Å². The molecule has 2 heterocycles. The number of nitrogens with one attached hydrogen (secondary N) is 2. The molecule has 1 aliphatic heterocycles. The van der Waals surface area contributed by atoms with Gasteiger partial charge in [0.25, 0.3) is 0 Å². The fraction of sp³-hybridized carbons (Fsp3) is 0.714. The van der Waals surface area contributed by atoms with Crippen LogP contribution in [-0.4, -0.2) is 32.4 Å². The molecule has 0 spiro atoms. The van der Waals surface area contributed by atoms with Gasteiger partial charge < -0.3 is 5.32 Å². The minimum atomic E-state index is -2.83. The van der Waals surface area contributed by atoms with Crippen molar-refractivity contribution in [3.63, 3.8) is 0 Å². The van der Waals surface area contributed by atoms with E-state index in [-0.39, 0.29) is 19.3 Å². The second-order valence-electron chi connectivity index (χ2n) is 8.62. The molecule has 2 rings (SSSR count). The van der Waals surface area contributed by atoms with Crippen molar-refractivity contribution < 1.29 is 13.0 Å². The molecular formula is C21H32F2N4OS. The van der Waals surface area contributed by atoms with E-state index < -0.39 is 27.7 Å². The lowest BCUT2D eigenvalue weighted by atomic mass is 10.0. The van der Waals surface area contributed by atoms with Crippen LogP contribution >= 0.6 is 0 Å². The lowest BCUT2D eigenvalue weighted by Crippen LogP contribution is -2.39. The van der Waals surface area contributed by atoms with Crippen molar-refractivity contribution in [3.8, 4) is 6.07 Å². The van der Waals surface area contributed by atoms with Crippen molar-refractivity contribution in [2.24, 2.45) is 0 Å². The van der Waals surface area contributed by atoms with Crippen molar-refractivity contribution in [3.05, 3.63) is 23.4 Å². The molecule has 1 aliphatic rings. The summed E-state index contributed by atoms with van der Waals surface area (Å²) in [6.07, 6.45) is 3.24. The van der Waals surface area contributed by atoms with Gasteiger partial charge in [-0.05, 0) is 70.9 Å². The summed E-state index contributed by atoms with van der Waals surface area (Å²) in [7, 11) is -1.45. The van der Waals surface area contributed by atoms with Crippen LogP contribution in [0, 0.1) is 11.3 Å². The summed E-state index contributed by atoms with van der Waals surface area (Å²) in [6.45, 7) is 6.24. The quantitative estimate of drug-likeness (QED) is 0.540. The average Bonchev–Trinajstić information content (AvgIpc) is 2.67. The number of aryl methyl sites for hydroxylation is 2. The number of rotatable bonds is 10. The third-order valence-corrected chi connectivity index (χ3v) is 6.55. The second kappa shape index (κ2) is 10.4. The molecule has 0 amide bonds. The van der Waals surface area contributed by atoms with E-state index in [1.807, 2.05) is 12.1 Å². The van der Waals surface area contributed by atoms with Gasteiger partial charge in [0.05, 0.1) is 21.8 Å². The number of halogens is 2. The number of nitrogens with zero attached hydrogens (tertiary/aromatic N) is 2. The first-order valence-electron chi connectivity index (χ1n) is 10.3. The standard InChI is InChI=1S/C21H32F2N4OS/c1-20(2,3)29(28)27-18(15-24)11-13-21(22,23)12-5-4-8-17-10-9-16-7-6-14-25-19(16)26-17/h9-10,18,27H,4-8,11-14H2,1-3H3,(H,25,26)/t18-,29?/m1/s1. The Morgan fingerprint density at radius 2 is 2.07 bits per heavy atom. The Morgan fingerprint density at radius 1 is 1.31 bits per heavy atom. The van der Waals surface area contributed by atoms with Crippen LogP contribution in [0.15, 0.2) is 12.1 Å². The van der Waals surface area contributed by atoms with Crippen molar-refractivity contribution in [1.82, 2.24) is 9.71 Å². The summed E-state index contributed by atoms with van der Waals surface area (Å²) in [5.41, 5.74) is 2.15. The number of pyridine rings is 1. The van der Waals surface area contributed by atoms with Gasteiger partial charge in [-0.2, -0.15) is 5.26 Å². The molecule has 2 atom stereocenters. The summed E-state index contributed by atoms with van der Waals surface area (Å²) in [5.74, 6) is -1.90. The molecule has 1 unspecified atom stereocenters. The Kier molecular flexibility index (Phi) is 8.53. The first-order valence-corrected chi connectivity index (χ1v) is 11.4. The lowest BCUT2D eigenvalue weighted by molar-refractivity contribution is -0.0207. The van der Waals surface area contributed by atoms with Crippen LogP contribution in [0.1, 0.15) is 70.6 Å². The summed E-state index contributed by atoms with van der Waals surface area (Å²) in [4.78, 5) is 4.59. The van der Waals surface area contributed by atoms with Crippen molar-refractivity contribution in [1.29, 1.82) is 5.26 Å². The Morgan fingerprint density at radius 3 is 2.76 bits per heavy atom. The van der Waals surface area contributed by atoms with Crippen molar-refractivity contribution >= 4 is 16.8 Å². The summed E-state index contributed by atoms with van der Waals surface area (Å²) < 4.78 is 42.6. The third-order valence-electron chi connectivity index (χ3n) is 4.94. The van der Waals surface area contributed by atoms with Crippen molar-refractivity contribution in [2.45, 2.75) is 88.8 Å². The second-order valence-corrected chi connectivity index (χ2v) is 10.6. The zero-order chi connectivity index (χ0) is 21.5. The van der Waals surface area contributed by atoms with E-state index in [0.29, 0.717) is 19.3 Å². The molecule has 0 bridgehead atoms. The van der Waals surface area contributed by atoms with Crippen LogP contribution in [0.5, 0.6) is 0 Å². The summed E-state index contributed by atoms with van der Waals surface area (Å²) >= 11 is 0. The Labute approximate surface area is 175 Å². The van der Waals surface area contributed by atoms with Gasteiger partial charge in [0.15, 0.2) is 0 Å². The molecule has 1 aromatic heterocycles. The third kappa shape index (κ3) is 7.98. The summed E-state index contributed by atoms with van der Waals surface area (Å²) in [6, 6.07) is 5.17. The number of fused-ring (bicyclic) bond motifs is 1. The minimum absolute atomic E-state index is 0.0244. The molecule has 8 heteroatoms. The zero-order valence-corrected chi connectivity index (χ0v) is 18.4. The fourth-order valence-corrected chi connectivity index (χ4v) is 3.92. The van der Waals surface area contributed by atoms with Gasteiger partial charge >= 0.3 is 0 Å². The molecule has 2 N–H and O–H groups in total. The normalized spacial score (nSPS) is 16.4. The van der Waals surface area contributed by atoms with E-state index >= 15 is 0 Å². The van der Waals surface area contributed by atoms with Crippen LogP contribution in [0.2, 0.25) is 0 Å². The van der Waals surface area contributed by atoms with Crippen molar-refractivity contribution in [2.75, 3.05) is 11.9 Å². The number of aromatic nitrogens is 1. The molecular weight excluding hydrogens is 394 g/mol. The number of hydrogen-bond acceptors (Lipinski definition) is 4. The Bertz CT molecular complexity index is 743. The van der Waals surface area contributed by atoms with Gasteiger partial charge in [0.2, 0.25) is 5.92 Å². The SMILES string of the molecule is CC(C)(C)S(=O)N[C@@H](C#N)CCC(F)(F)CCCCc1ccc2c(n1)NCCC2. The van der Waals surface area contributed by atoms with E-state index in [2.05, 4.69) is 21.1 Å². The molecule has 0 saturated carbocycles. The number of nitriles is 1. The van der Waals surface area contributed by atoms with Crippen LogP contribution in [0.4, 0.5) is 14.6 Å². The fourth-order valence-electron chi connectivity index (χ4n) is 3.13. The highest BCUT2D eigenvalue weighted by Gasteiger charge is 2.30. The van der Waals surface area contributed by atoms with E-state index in [0.717, 1.165) is 30.9 Å². The lowest BCUT2D eigenvalue weighted by Gasteiger charge is -2.22.